The van der Waals surface area contributed by atoms with E-state index in [1.165, 1.54) is 16.2 Å². The summed E-state index contributed by atoms with van der Waals surface area (Å²) in [5.74, 6) is 1.56. The molecule has 0 saturated heterocycles. The number of ether oxygens (including phenoxy) is 1. The van der Waals surface area contributed by atoms with E-state index in [2.05, 4.69) is 37.3 Å². The van der Waals surface area contributed by atoms with E-state index in [-0.39, 0.29) is 0 Å². The second kappa shape index (κ2) is 7.62. The average molecular weight is 417 g/mol. The molecule has 29 heavy (non-hydrogen) atoms. The van der Waals surface area contributed by atoms with Crippen molar-refractivity contribution in [2.45, 2.75) is 0 Å². The molecule has 142 valence electrons. The topological polar surface area (TPSA) is 51.8 Å². The van der Waals surface area contributed by atoms with E-state index in [9.17, 15) is 0 Å². The summed E-state index contributed by atoms with van der Waals surface area (Å²) in [6, 6.07) is 24.2. The van der Waals surface area contributed by atoms with Gasteiger partial charge < -0.3 is 4.74 Å². The molecule has 7 heteroatoms. The first-order valence-electron chi connectivity index (χ1n) is 8.99. The standard InChI is InChI=1S/C22H16N4OS2/c1-27-16-10-8-15(9-11-16)26-18(20-7-4-14-28-20)12-13-21(26)24-25-22-23-17-5-2-3-6-19(17)29-22/h2-14H,1H3/b25-24+. The quantitative estimate of drug-likeness (QED) is 0.284. The Hall–Kier alpha value is -3.29. The number of azo groups is 1. The lowest BCUT2D eigenvalue weighted by Crippen LogP contribution is -1.95. The zero-order valence-corrected chi connectivity index (χ0v) is 17.2. The highest BCUT2D eigenvalue weighted by atomic mass is 32.1. The SMILES string of the molecule is COc1ccc(-n2c(/N=N/c3nc4ccccc4s3)ccc2-c2cccs2)cc1. The molecule has 0 N–H and O–H groups in total. The number of hydrogen-bond acceptors (Lipinski definition) is 6. The van der Waals surface area contributed by atoms with Crippen molar-refractivity contribution in [3.05, 3.63) is 78.2 Å². The molecule has 0 radical (unpaired) electrons. The molecule has 0 fully saturated rings. The molecule has 0 saturated carbocycles. The van der Waals surface area contributed by atoms with Gasteiger partial charge >= 0.3 is 0 Å². The number of rotatable bonds is 5. The molecule has 2 aromatic carbocycles. The lowest BCUT2D eigenvalue weighted by Gasteiger charge is -2.11. The third-order valence-corrected chi connectivity index (χ3v) is 6.30. The predicted octanol–water partition coefficient (Wildman–Crippen LogP) is 7.24. The van der Waals surface area contributed by atoms with E-state index in [4.69, 9.17) is 4.74 Å². The summed E-state index contributed by atoms with van der Waals surface area (Å²) in [5.41, 5.74) is 3.01. The lowest BCUT2D eigenvalue weighted by atomic mass is 10.2. The van der Waals surface area contributed by atoms with Gasteiger partial charge in [-0.2, -0.15) is 0 Å². The zero-order valence-electron chi connectivity index (χ0n) is 15.5. The minimum Gasteiger partial charge on any atom is -0.497 e. The second-order valence-corrected chi connectivity index (χ2v) is 8.21. The number of benzene rings is 2. The van der Waals surface area contributed by atoms with Gasteiger partial charge in [-0.3, -0.25) is 4.57 Å². The van der Waals surface area contributed by atoms with Crippen LogP contribution in [0.5, 0.6) is 5.75 Å². The van der Waals surface area contributed by atoms with Gasteiger partial charge in [0.2, 0.25) is 5.13 Å². The van der Waals surface area contributed by atoms with Crippen LogP contribution in [-0.2, 0) is 0 Å². The van der Waals surface area contributed by atoms with Crippen LogP contribution in [-0.4, -0.2) is 16.7 Å². The van der Waals surface area contributed by atoms with Crippen molar-refractivity contribution in [3.8, 4) is 22.0 Å². The number of fused-ring (bicyclic) bond motifs is 1. The van der Waals surface area contributed by atoms with Crippen molar-refractivity contribution >= 4 is 43.8 Å². The molecule has 3 heterocycles. The fourth-order valence-electron chi connectivity index (χ4n) is 3.12. The number of para-hydroxylation sites is 1. The number of aromatic nitrogens is 2. The highest BCUT2D eigenvalue weighted by Crippen LogP contribution is 2.35. The van der Waals surface area contributed by atoms with Crippen LogP contribution in [0.4, 0.5) is 10.9 Å². The Balaban J connectivity index is 1.58. The van der Waals surface area contributed by atoms with E-state index in [1.807, 2.05) is 60.7 Å². The van der Waals surface area contributed by atoms with Gasteiger partial charge in [-0.25, -0.2) is 4.98 Å². The summed E-state index contributed by atoms with van der Waals surface area (Å²) in [6.07, 6.45) is 0. The number of nitrogens with zero attached hydrogens (tertiary/aromatic N) is 4. The summed E-state index contributed by atoms with van der Waals surface area (Å²) in [4.78, 5) is 5.71. The van der Waals surface area contributed by atoms with Gasteiger partial charge in [0, 0.05) is 5.69 Å². The molecule has 0 unspecified atom stereocenters. The zero-order chi connectivity index (χ0) is 19.6. The normalized spacial score (nSPS) is 11.5. The van der Waals surface area contributed by atoms with Crippen LogP contribution >= 0.6 is 22.7 Å². The smallest absolute Gasteiger partial charge is 0.231 e. The summed E-state index contributed by atoms with van der Waals surface area (Å²) >= 11 is 3.23. The van der Waals surface area contributed by atoms with Gasteiger partial charge in [0.25, 0.3) is 0 Å². The first-order valence-corrected chi connectivity index (χ1v) is 10.7. The largest absolute Gasteiger partial charge is 0.497 e. The Morgan fingerprint density at radius 3 is 2.52 bits per heavy atom. The summed E-state index contributed by atoms with van der Waals surface area (Å²) in [5, 5.41) is 11.7. The fraction of sp³-hybridized carbons (Fsp3) is 0.0455. The maximum Gasteiger partial charge on any atom is 0.231 e. The number of hydrogen-bond donors (Lipinski definition) is 0. The van der Waals surface area contributed by atoms with Crippen LogP contribution in [0, 0.1) is 0 Å². The first kappa shape index (κ1) is 17.8. The minimum atomic E-state index is 0.645. The van der Waals surface area contributed by atoms with Gasteiger partial charge in [0.1, 0.15) is 5.75 Å². The van der Waals surface area contributed by atoms with Crippen LogP contribution < -0.4 is 4.74 Å². The van der Waals surface area contributed by atoms with Crippen LogP contribution in [0.3, 0.4) is 0 Å². The highest BCUT2D eigenvalue weighted by molar-refractivity contribution is 7.21. The molecule has 0 aliphatic heterocycles. The van der Waals surface area contributed by atoms with Crippen LogP contribution in [0.1, 0.15) is 0 Å². The average Bonchev–Trinajstić information content (AvgIpc) is 3.51. The molecule has 0 spiro atoms. The number of thiazole rings is 1. The van der Waals surface area contributed by atoms with Crippen molar-refractivity contribution in [1.82, 2.24) is 9.55 Å². The Morgan fingerprint density at radius 2 is 1.76 bits per heavy atom. The molecule has 5 aromatic rings. The maximum atomic E-state index is 5.30. The Morgan fingerprint density at radius 1 is 0.897 bits per heavy atom. The van der Waals surface area contributed by atoms with E-state index >= 15 is 0 Å². The number of methoxy groups -OCH3 is 1. The molecule has 5 rings (SSSR count). The molecule has 5 nitrogen and oxygen atoms in total. The molecule has 3 aromatic heterocycles. The van der Waals surface area contributed by atoms with Gasteiger partial charge in [-0.05, 0) is 60.0 Å². The maximum absolute atomic E-state index is 5.30. The summed E-state index contributed by atoms with van der Waals surface area (Å²) in [6.45, 7) is 0. The highest BCUT2D eigenvalue weighted by Gasteiger charge is 2.13. The molecule has 0 aliphatic rings. The third kappa shape index (κ3) is 3.46. The van der Waals surface area contributed by atoms with Crippen LogP contribution in [0.2, 0.25) is 0 Å². The first-order chi connectivity index (χ1) is 14.3. The Kier molecular flexibility index (Phi) is 4.67. The van der Waals surface area contributed by atoms with Crippen molar-refractivity contribution < 1.29 is 4.74 Å². The summed E-state index contributed by atoms with van der Waals surface area (Å²) < 4.78 is 8.50. The van der Waals surface area contributed by atoms with Crippen molar-refractivity contribution in [2.75, 3.05) is 7.11 Å². The van der Waals surface area contributed by atoms with E-state index < -0.39 is 0 Å². The van der Waals surface area contributed by atoms with Crippen LogP contribution in [0.25, 0.3) is 26.5 Å². The van der Waals surface area contributed by atoms with Gasteiger partial charge in [-0.1, -0.05) is 29.5 Å². The molecule has 0 aliphatic carbocycles. The van der Waals surface area contributed by atoms with Gasteiger partial charge in [0.15, 0.2) is 5.82 Å². The van der Waals surface area contributed by atoms with Crippen molar-refractivity contribution in [1.29, 1.82) is 0 Å². The van der Waals surface area contributed by atoms with E-state index in [1.54, 1.807) is 18.4 Å². The second-order valence-electron chi connectivity index (χ2n) is 6.25. The summed E-state index contributed by atoms with van der Waals surface area (Å²) in [7, 11) is 1.67. The lowest BCUT2D eigenvalue weighted by molar-refractivity contribution is 0.415. The van der Waals surface area contributed by atoms with Crippen LogP contribution in [0.15, 0.2) is 88.4 Å². The number of thiophene rings is 1. The Bertz CT molecular complexity index is 1250. The van der Waals surface area contributed by atoms with E-state index in [0.717, 1.165) is 33.2 Å². The molecule has 0 bridgehead atoms. The molecular formula is C22H16N4OS2. The predicted molar refractivity (Wildman–Crippen MR) is 119 cm³/mol. The minimum absolute atomic E-state index is 0.645. The van der Waals surface area contributed by atoms with Crippen molar-refractivity contribution in [2.24, 2.45) is 10.2 Å². The molecule has 0 amide bonds. The van der Waals surface area contributed by atoms with Gasteiger partial charge in [0.05, 0.1) is 27.9 Å². The van der Waals surface area contributed by atoms with E-state index in [0.29, 0.717) is 5.13 Å². The molecular weight excluding hydrogens is 400 g/mol. The Labute approximate surface area is 175 Å². The fourth-order valence-corrected chi connectivity index (χ4v) is 4.65. The molecule has 0 atom stereocenters. The van der Waals surface area contributed by atoms with Crippen molar-refractivity contribution in [3.63, 3.8) is 0 Å². The van der Waals surface area contributed by atoms with Gasteiger partial charge in [-0.15, -0.1) is 21.6 Å². The third-order valence-electron chi connectivity index (χ3n) is 4.49. The monoisotopic (exact) mass is 416 g/mol.